The molecule has 0 saturated heterocycles. The lowest BCUT2D eigenvalue weighted by Gasteiger charge is -2.26. The molecule has 0 radical (unpaired) electrons. The summed E-state index contributed by atoms with van der Waals surface area (Å²) in [6.07, 6.45) is 1.98. The van der Waals surface area contributed by atoms with Crippen molar-refractivity contribution in [2.24, 2.45) is 0 Å². The Balaban J connectivity index is 1.19. The largest absolute Gasteiger partial charge is 0.455 e. The number of furan rings is 1. The van der Waals surface area contributed by atoms with Crippen LogP contribution in [0.25, 0.3) is 76.9 Å². The predicted octanol–water partition coefficient (Wildman–Crippen LogP) is 13.8. The van der Waals surface area contributed by atoms with Crippen molar-refractivity contribution >= 4 is 60.7 Å². The monoisotopic (exact) mass is 664 g/mol. The van der Waals surface area contributed by atoms with Gasteiger partial charge in [-0.15, -0.1) is 0 Å². The predicted molar refractivity (Wildman–Crippen MR) is 218 cm³/mol. The van der Waals surface area contributed by atoms with Crippen molar-refractivity contribution in [3.63, 3.8) is 0 Å². The van der Waals surface area contributed by atoms with Crippen molar-refractivity contribution in [1.82, 2.24) is 4.98 Å². The van der Waals surface area contributed by atoms with Crippen LogP contribution in [-0.2, 0) is 0 Å². The van der Waals surface area contributed by atoms with Gasteiger partial charge in [-0.05, 0) is 98.6 Å². The molecule has 0 bridgehead atoms. The average Bonchev–Trinajstić information content (AvgIpc) is 3.61. The Hall–Kier alpha value is -6.97. The minimum absolute atomic E-state index is 0.837. The Bertz CT molecular complexity index is 2820. The lowest BCUT2D eigenvalue weighted by Crippen LogP contribution is -2.12. The van der Waals surface area contributed by atoms with Crippen LogP contribution in [0.15, 0.2) is 199 Å². The normalized spacial score (nSPS) is 11.5. The van der Waals surface area contributed by atoms with Gasteiger partial charge in [-0.1, -0.05) is 133 Å². The molecular weight excluding hydrogens is 633 g/mol. The van der Waals surface area contributed by atoms with E-state index in [4.69, 9.17) is 9.40 Å². The molecule has 0 fully saturated rings. The fourth-order valence-electron chi connectivity index (χ4n) is 7.52. The van der Waals surface area contributed by atoms with Gasteiger partial charge in [0.2, 0.25) is 0 Å². The number of benzene rings is 8. The molecule has 0 saturated carbocycles. The van der Waals surface area contributed by atoms with Crippen molar-refractivity contribution in [3.05, 3.63) is 194 Å². The van der Waals surface area contributed by atoms with E-state index < -0.39 is 0 Å². The molecule has 52 heavy (non-hydrogen) atoms. The fraction of sp³-hybridized carbons (Fsp3) is 0. The summed E-state index contributed by atoms with van der Waals surface area (Å²) in [4.78, 5) is 7.40. The quantitative estimate of drug-likeness (QED) is 0.166. The summed E-state index contributed by atoms with van der Waals surface area (Å²) in [7, 11) is 0. The fourth-order valence-corrected chi connectivity index (χ4v) is 7.52. The third kappa shape index (κ3) is 5.19. The van der Waals surface area contributed by atoms with Crippen LogP contribution in [0.2, 0.25) is 0 Å². The number of anilines is 3. The number of pyridine rings is 1. The SMILES string of the molecule is c1ccc(-c2ccc(N(c3cc(-c4ccccc4)cc(-c4ccccc4)c3)c3ccc4c(ccc5ccc6c7ccccc7oc6c54)c3)nc2)cc1. The van der Waals surface area contributed by atoms with Crippen LogP contribution < -0.4 is 4.90 Å². The van der Waals surface area contributed by atoms with Gasteiger partial charge in [0.1, 0.15) is 17.0 Å². The summed E-state index contributed by atoms with van der Waals surface area (Å²) in [5.41, 5.74) is 10.7. The Labute approximate surface area is 301 Å². The van der Waals surface area contributed by atoms with Crippen molar-refractivity contribution in [2.45, 2.75) is 0 Å². The lowest BCUT2D eigenvalue weighted by molar-refractivity contribution is 0.673. The number of rotatable bonds is 6. The van der Waals surface area contributed by atoms with E-state index in [1.807, 2.05) is 24.4 Å². The molecule has 0 N–H and O–H groups in total. The molecule has 0 unspecified atom stereocenters. The Morgan fingerprint density at radius 2 is 0.981 bits per heavy atom. The lowest BCUT2D eigenvalue weighted by atomic mass is 9.97. The van der Waals surface area contributed by atoms with Gasteiger partial charge < -0.3 is 4.42 Å². The molecule has 0 amide bonds. The van der Waals surface area contributed by atoms with Crippen molar-refractivity contribution in [1.29, 1.82) is 0 Å². The van der Waals surface area contributed by atoms with E-state index >= 15 is 0 Å². The highest BCUT2D eigenvalue weighted by atomic mass is 16.3. The van der Waals surface area contributed by atoms with Gasteiger partial charge in [-0.2, -0.15) is 0 Å². The van der Waals surface area contributed by atoms with Crippen LogP contribution in [0.3, 0.4) is 0 Å². The van der Waals surface area contributed by atoms with E-state index in [0.717, 1.165) is 94.1 Å². The van der Waals surface area contributed by atoms with Crippen LogP contribution >= 0.6 is 0 Å². The summed E-state index contributed by atoms with van der Waals surface area (Å²) in [6, 6.07) is 66.6. The summed E-state index contributed by atoms with van der Waals surface area (Å²) >= 11 is 0. The van der Waals surface area contributed by atoms with Crippen molar-refractivity contribution in [2.75, 3.05) is 4.90 Å². The zero-order chi connectivity index (χ0) is 34.4. The minimum atomic E-state index is 0.837. The second kappa shape index (κ2) is 12.4. The number of aromatic nitrogens is 1. The molecular formula is C49H32N2O. The molecule has 8 aromatic carbocycles. The zero-order valence-corrected chi connectivity index (χ0v) is 28.3. The molecule has 0 aliphatic heterocycles. The average molecular weight is 665 g/mol. The van der Waals surface area contributed by atoms with Crippen LogP contribution in [0.5, 0.6) is 0 Å². The molecule has 2 aromatic heterocycles. The van der Waals surface area contributed by atoms with Gasteiger partial charge in [0, 0.05) is 39.3 Å². The summed E-state index contributed by atoms with van der Waals surface area (Å²) in [6.45, 7) is 0. The highest BCUT2D eigenvalue weighted by Gasteiger charge is 2.19. The first-order valence-electron chi connectivity index (χ1n) is 17.6. The van der Waals surface area contributed by atoms with E-state index in [1.165, 1.54) is 0 Å². The van der Waals surface area contributed by atoms with Gasteiger partial charge >= 0.3 is 0 Å². The van der Waals surface area contributed by atoms with Crippen molar-refractivity contribution < 1.29 is 4.42 Å². The number of fused-ring (bicyclic) bond motifs is 7. The molecule has 0 aliphatic carbocycles. The summed E-state index contributed by atoms with van der Waals surface area (Å²) in [5, 5.41) is 6.84. The van der Waals surface area contributed by atoms with Gasteiger partial charge in [0.25, 0.3) is 0 Å². The second-order valence-electron chi connectivity index (χ2n) is 13.2. The summed E-state index contributed by atoms with van der Waals surface area (Å²) < 4.78 is 6.53. The Morgan fingerprint density at radius 3 is 1.65 bits per heavy atom. The maximum absolute atomic E-state index is 6.53. The Morgan fingerprint density at radius 1 is 0.385 bits per heavy atom. The molecule has 0 aliphatic rings. The maximum Gasteiger partial charge on any atom is 0.143 e. The molecule has 10 aromatic rings. The number of nitrogens with zero attached hydrogens (tertiary/aromatic N) is 2. The first-order chi connectivity index (χ1) is 25.8. The number of hydrogen-bond acceptors (Lipinski definition) is 3. The minimum Gasteiger partial charge on any atom is -0.455 e. The highest BCUT2D eigenvalue weighted by molar-refractivity contribution is 6.23. The van der Waals surface area contributed by atoms with E-state index in [9.17, 15) is 0 Å². The first kappa shape index (κ1) is 29.9. The molecule has 0 atom stereocenters. The highest BCUT2D eigenvalue weighted by Crippen LogP contribution is 2.42. The Kier molecular flexibility index (Phi) is 7.14. The molecule has 10 rings (SSSR count). The van der Waals surface area contributed by atoms with Gasteiger partial charge in [0.05, 0.1) is 0 Å². The molecule has 0 spiro atoms. The van der Waals surface area contributed by atoms with Crippen LogP contribution in [0.4, 0.5) is 17.2 Å². The van der Waals surface area contributed by atoms with E-state index in [2.05, 4.69) is 175 Å². The third-order valence-corrected chi connectivity index (χ3v) is 10.1. The smallest absolute Gasteiger partial charge is 0.143 e. The van der Waals surface area contributed by atoms with E-state index in [-0.39, 0.29) is 0 Å². The maximum atomic E-state index is 6.53. The molecule has 2 heterocycles. The molecule has 3 heteroatoms. The van der Waals surface area contributed by atoms with Gasteiger partial charge in [-0.25, -0.2) is 4.98 Å². The number of para-hydroxylation sites is 1. The van der Waals surface area contributed by atoms with Crippen LogP contribution in [-0.4, -0.2) is 4.98 Å². The molecule has 3 nitrogen and oxygen atoms in total. The van der Waals surface area contributed by atoms with E-state index in [1.54, 1.807) is 0 Å². The summed E-state index contributed by atoms with van der Waals surface area (Å²) in [5.74, 6) is 0.837. The van der Waals surface area contributed by atoms with Crippen LogP contribution in [0, 0.1) is 0 Å². The molecule has 244 valence electrons. The van der Waals surface area contributed by atoms with Crippen molar-refractivity contribution in [3.8, 4) is 33.4 Å². The third-order valence-electron chi connectivity index (χ3n) is 10.1. The number of hydrogen-bond donors (Lipinski definition) is 0. The van der Waals surface area contributed by atoms with Gasteiger partial charge in [-0.3, -0.25) is 4.90 Å². The van der Waals surface area contributed by atoms with E-state index in [0.29, 0.717) is 0 Å². The first-order valence-corrected chi connectivity index (χ1v) is 17.6. The second-order valence-corrected chi connectivity index (χ2v) is 13.2. The van der Waals surface area contributed by atoms with Gasteiger partial charge in [0.15, 0.2) is 0 Å². The zero-order valence-electron chi connectivity index (χ0n) is 28.3. The standard InChI is InChI=1S/C49H32N2O/c1-4-12-33(13-5-1)38-23-27-47(50-32-38)51(42-30-39(34-14-6-2-7-15-34)28-40(31-42)35-16-8-3-9-17-35)41-24-26-43-37(29-41)21-20-36-22-25-45-44-18-10-11-19-46(44)52-49(45)48(36)43/h1-32H. The van der Waals surface area contributed by atoms with Crippen LogP contribution in [0.1, 0.15) is 0 Å². The topological polar surface area (TPSA) is 29.3 Å².